The van der Waals surface area contributed by atoms with Crippen molar-refractivity contribution < 1.29 is 4.74 Å². The molecule has 3 rings (SSSR count). The lowest BCUT2D eigenvalue weighted by Gasteiger charge is -2.34. The zero-order valence-corrected chi connectivity index (χ0v) is 13.4. The van der Waals surface area contributed by atoms with Crippen molar-refractivity contribution in [3.05, 3.63) is 41.9 Å². The van der Waals surface area contributed by atoms with Crippen molar-refractivity contribution in [2.24, 2.45) is 5.73 Å². The molecule has 1 fully saturated rings. The van der Waals surface area contributed by atoms with Gasteiger partial charge in [-0.15, -0.1) is 0 Å². The number of morpholine rings is 1. The fourth-order valence-electron chi connectivity index (χ4n) is 2.89. The number of pyridine rings is 2. The average molecular weight is 311 g/mol. The molecule has 1 saturated heterocycles. The smallest absolute Gasteiger partial charge is 0.130 e. The van der Waals surface area contributed by atoms with Gasteiger partial charge in [0, 0.05) is 18.1 Å². The molecule has 0 radical (unpaired) electrons. The van der Waals surface area contributed by atoms with E-state index >= 15 is 0 Å². The maximum absolute atomic E-state index is 8.13. The van der Waals surface area contributed by atoms with Crippen LogP contribution in [-0.4, -0.2) is 41.5 Å². The van der Waals surface area contributed by atoms with E-state index in [0.29, 0.717) is 18.9 Å². The van der Waals surface area contributed by atoms with Crippen molar-refractivity contribution in [2.45, 2.75) is 19.9 Å². The van der Waals surface area contributed by atoms with Gasteiger partial charge < -0.3 is 15.4 Å². The molecule has 0 saturated carbocycles. The monoisotopic (exact) mass is 311 g/mol. The summed E-state index contributed by atoms with van der Waals surface area (Å²) in [5.41, 5.74) is 8.09. The standard InChI is InChI=1S/C17H21N5O/c1-11-9-15(22-7-8-23-10-12(22)2)21-16-13(11)4-6-20-17(16)14(19)3-5-18/h3-6,9,12,19H,7-8,10,18H2,1-2H3/b5-3-,19-14?/t12-/m1/s1. The first-order valence-electron chi connectivity index (χ1n) is 7.69. The van der Waals surface area contributed by atoms with E-state index in [1.54, 1.807) is 6.20 Å². The van der Waals surface area contributed by atoms with Gasteiger partial charge in [-0.3, -0.25) is 10.4 Å². The summed E-state index contributed by atoms with van der Waals surface area (Å²) < 4.78 is 5.51. The van der Waals surface area contributed by atoms with Gasteiger partial charge in [0.25, 0.3) is 0 Å². The zero-order chi connectivity index (χ0) is 16.4. The number of fused-ring (bicyclic) bond motifs is 1. The predicted octanol–water partition coefficient (Wildman–Crippen LogP) is 2.00. The maximum atomic E-state index is 8.13. The lowest BCUT2D eigenvalue weighted by atomic mass is 10.1. The summed E-state index contributed by atoms with van der Waals surface area (Å²) in [6, 6.07) is 4.31. The van der Waals surface area contributed by atoms with Crippen LogP contribution in [-0.2, 0) is 4.74 Å². The Balaban J connectivity index is 2.15. The Hall–Kier alpha value is -2.47. The molecule has 1 atom stereocenters. The van der Waals surface area contributed by atoms with Crippen LogP contribution in [0.5, 0.6) is 0 Å². The third kappa shape index (κ3) is 2.90. The van der Waals surface area contributed by atoms with Gasteiger partial charge in [-0.2, -0.15) is 0 Å². The maximum Gasteiger partial charge on any atom is 0.130 e. The minimum absolute atomic E-state index is 0.261. The molecular formula is C17H21N5O. The van der Waals surface area contributed by atoms with Crippen molar-refractivity contribution >= 4 is 22.4 Å². The van der Waals surface area contributed by atoms with E-state index in [-0.39, 0.29) is 11.8 Å². The summed E-state index contributed by atoms with van der Waals surface area (Å²) in [4.78, 5) is 11.4. The van der Waals surface area contributed by atoms with E-state index in [0.717, 1.165) is 28.8 Å². The highest BCUT2D eigenvalue weighted by molar-refractivity contribution is 6.12. The molecule has 6 nitrogen and oxygen atoms in total. The van der Waals surface area contributed by atoms with E-state index in [2.05, 4.69) is 29.8 Å². The molecule has 0 amide bonds. The van der Waals surface area contributed by atoms with E-state index in [1.807, 2.05) is 6.07 Å². The number of anilines is 1. The van der Waals surface area contributed by atoms with Gasteiger partial charge in [-0.05, 0) is 43.8 Å². The summed E-state index contributed by atoms with van der Waals surface area (Å²) in [6.45, 7) is 6.41. The van der Waals surface area contributed by atoms with Gasteiger partial charge in [0.2, 0.25) is 0 Å². The number of allylic oxidation sites excluding steroid dienone is 1. The first kappa shape index (κ1) is 15.4. The third-order valence-corrected chi connectivity index (χ3v) is 4.10. The number of nitrogens with zero attached hydrogens (tertiary/aromatic N) is 3. The Morgan fingerprint density at radius 2 is 2.35 bits per heavy atom. The molecule has 6 heteroatoms. The summed E-state index contributed by atoms with van der Waals surface area (Å²) in [5.74, 6) is 0.907. The average Bonchev–Trinajstić information content (AvgIpc) is 2.55. The van der Waals surface area contributed by atoms with Crippen LogP contribution in [0.25, 0.3) is 10.9 Å². The van der Waals surface area contributed by atoms with Crippen molar-refractivity contribution in [1.29, 1.82) is 5.41 Å². The fourth-order valence-corrected chi connectivity index (χ4v) is 2.89. The minimum Gasteiger partial charge on any atom is -0.405 e. The Bertz CT molecular complexity index is 771. The van der Waals surface area contributed by atoms with Gasteiger partial charge in [0.1, 0.15) is 17.0 Å². The normalized spacial score (nSPS) is 18.7. The molecule has 23 heavy (non-hydrogen) atoms. The molecule has 3 heterocycles. The Kier molecular flexibility index (Phi) is 4.25. The van der Waals surface area contributed by atoms with Crippen LogP contribution < -0.4 is 10.6 Å². The van der Waals surface area contributed by atoms with Crippen LogP contribution >= 0.6 is 0 Å². The molecule has 3 N–H and O–H groups in total. The van der Waals surface area contributed by atoms with Gasteiger partial charge in [0.15, 0.2) is 0 Å². The summed E-state index contributed by atoms with van der Waals surface area (Å²) in [7, 11) is 0. The first-order valence-corrected chi connectivity index (χ1v) is 7.69. The SMILES string of the molecule is Cc1cc(N2CCOC[C@H]2C)nc2c(C(=N)/C=C\N)nccc12. The van der Waals surface area contributed by atoms with Crippen LogP contribution in [0.3, 0.4) is 0 Å². The highest BCUT2D eigenvalue weighted by atomic mass is 16.5. The van der Waals surface area contributed by atoms with Crippen LogP contribution in [0.1, 0.15) is 18.2 Å². The molecule has 2 aromatic rings. The number of nitrogens with one attached hydrogen (secondary N) is 1. The molecule has 2 aromatic heterocycles. The topological polar surface area (TPSA) is 88.1 Å². The molecule has 0 spiro atoms. The summed E-state index contributed by atoms with van der Waals surface area (Å²) in [6.07, 6.45) is 4.59. The molecule has 0 bridgehead atoms. The fraction of sp³-hybridized carbons (Fsp3) is 0.353. The Morgan fingerprint density at radius 1 is 1.52 bits per heavy atom. The van der Waals surface area contributed by atoms with Crippen LogP contribution in [0.4, 0.5) is 5.82 Å². The second-order valence-corrected chi connectivity index (χ2v) is 5.74. The van der Waals surface area contributed by atoms with Crippen LogP contribution in [0, 0.1) is 12.3 Å². The van der Waals surface area contributed by atoms with Crippen molar-refractivity contribution in [2.75, 3.05) is 24.7 Å². The first-order chi connectivity index (χ1) is 11.1. The second-order valence-electron chi connectivity index (χ2n) is 5.74. The molecule has 1 aliphatic heterocycles. The highest BCUT2D eigenvalue weighted by Crippen LogP contribution is 2.26. The molecular weight excluding hydrogens is 290 g/mol. The van der Waals surface area contributed by atoms with Crippen molar-refractivity contribution in [3.63, 3.8) is 0 Å². The largest absolute Gasteiger partial charge is 0.405 e. The number of hydrogen-bond acceptors (Lipinski definition) is 6. The van der Waals surface area contributed by atoms with Crippen LogP contribution in [0.15, 0.2) is 30.6 Å². The second kappa shape index (κ2) is 6.34. The molecule has 1 aliphatic rings. The van der Waals surface area contributed by atoms with E-state index in [9.17, 15) is 0 Å². The molecule has 0 aromatic carbocycles. The molecule has 0 aliphatic carbocycles. The van der Waals surface area contributed by atoms with Gasteiger partial charge >= 0.3 is 0 Å². The van der Waals surface area contributed by atoms with Gasteiger partial charge in [-0.25, -0.2) is 4.98 Å². The number of aryl methyl sites for hydroxylation is 1. The number of aromatic nitrogens is 2. The third-order valence-electron chi connectivity index (χ3n) is 4.10. The van der Waals surface area contributed by atoms with Gasteiger partial charge in [0.05, 0.1) is 25.0 Å². The minimum atomic E-state index is 0.261. The molecule has 0 unspecified atom stereocenters. The number of nitrogens with two attached hydrogens (primary N) is 1. The summed E-state index contributed by atoms with van der Waals surface area (Å²) in [5, 5.41) is 9.14. The highest BCUT2D eigenvalue weighted by Gasteiger charge is 2.21. The lowest BCUT2D eigenvalue weighted by molar-refractivity contribution is 0.0985. The zero-order valence-electron chi connectivity index (χ0n) is 13.4. The Morgan fingerprint density at radius 3 is 3.09 bits per heavy atom. The van der Waals surface area contributed by atoms with Crippen LogP contribution in [0.2, 0.25) is 0 Å². The predicted molar refractivity (Wildman–Crippen MR) is 92.1 cm³/mol. The van der Waals surface area contributed by atoms with Crippen molar-refractivity contribution in [1.82, 2.24) is 9.97 Å². The lowest BCUT2D eigenvalue weighted by Crippen LogP contribution is -2.44. The number of hydrogen-bond donors (Lipinski definition) is 2. The van der Waals surface area contributed by atoms with E-state index in [1.165, 1.54) is 12.3 Å². The van der Waals surface area contributed by atoms with E-state index < -0.39 is 0 Å². The quantitative estimate of drug-likeness (QED) is 0.847. The van der Waals surface area contributed by atoms with Crippen molar-refractivity contribution in [3.8, 4) is 0 Å². The van der Waals surface area contributed by atoms with Gasteiger partial charge in [-0.1, -0.05) is 0 Å². The Labute approximate surface area is 135 Å². The number of ether oxygens (including phenoxy) is 1. The molecule has 120 valence electrons. The van der Waals surface area contributed by atoms with E-state index in [4.69, 9.17) is 20.9 Å². The number of rotatable bonds is 3. The summed E-state index contributed by atoms with van der Waals surface area (Å²) >= 11 is 0.